The summed E-state index contributed by atoms with van der Waals surface area (Å²) in [6.45, 7) is 4.51. The number of rotatable bonds is 2. The van der Waals surface area contributed by atoms with Gasteiger partial charge in [-0.05, 0) is 37.8 Å². The molecule has 0 amide bonds. The first-order chi connectivity index (χ1) is 7.22. The van der Waals surface area contributed by atoms with Gasteiger partial charge in [-0.3, -0.25) is 4.79 Å². The van der Waals surface area contributed by atoms with Gasteiger partial charge < -0.3 is 4.74 Å². The number of carbonyl (C=O) groups excluding carboxylic acids is 1. The number of ketones is 1. The van der Waals surface area contributed by atoms with Crippen LogP contribution in [0.25, 0.3) is 0 Å². The van der Waals surface area contributed by atoms with Gasteiger partial charge in [-0.2, -0.15) is 0 Å². The monoisotopic (exact) mass is 205 g/mol. The number of aryl methyl sites for hydroxylation is 1. The van der Waals surface area contributed by atoms with Crippen molar-refractivity contribution in [1.29, 1.82) is 0 Å². The fourth-order valence-corrected chi connectivity index (χ4v) is 1.98. The van der Waals surface area contributed by atoms with Gasteiger partial charge >= 0.3 is 0 Å². The average Bonchev–Trinajstić information content (AvgIpc) is 2.20. The Kier molecular flexibility index (Phi) is 2.71. The van der Waals surface area contributed by atoms with Crippen LogP contribution in [0.1, 0.15) is 41.4 Å². The molecule has 0 bridgehead atoms. The zero-order chi connectivity index (χ0) is 10.8. The van der Waals surface area contributed by atoms with Crippen LogP contribution in [-0.4, -0.2) is 17.4 Å². The molecule has 0 atom stereocenters. The van der Waals surface area contributed by atoms with Crippen molar-refractivity contribution in [2.75, 3.05) is 6.61 Å². The van der Waals surface area contributed by atoms with Crippen LogP contribution in [0.5, 0.6) is 5.88 Å². The number of carbonyl (C=O) groups is 1. The van der Waals surface area contributed by atoms with Gasteiger partial charge in [-0.25, -0.2) is 4.98 Å². The maximum absolute atomic E-state index is 11.7. The van der Waals surface area contributed by atoms with Crippen molar-refractivity contribution >= 4 is 5.78 Å². The molecular formula is C12H15NO2. The highest BCUT2D eigenvalue weighted by Crippen LogP contribution is 2.25. The number of ether oxygens (including phenoxy) is 1. The second-order valence-electron chi connectivity index (χ2n) is 3.81. The first-order valence-electron chi connectivity index (χ1n) is 5.39. The molecule has 0 fully saturated rings. The summed E-state index contributed by atoms with van der Waals surface area (Å²) in [5.74, 6) is 0.727. The number of hydrogen-bond acceptors (Lipinski definition) is 3. The third kappa shape index (κ3) is 1.87. The molecular weight excluding hydrogens is 190 g/mol. The van der Waals surface area contributed by atoms with Crippen molar-refractivity contribution < 1.29 is 9.53 Å². The summed E-state index contributed by atoms with van der Waals surface area (Å²) in [5, 5.41) is 0. The molecule has 0 saturated carbocycles. The smallest absolute Gasteiger partial charge is 0.214 e. The minimum absolute atomic E-state index is 0.154. The summed E-state index contributed by atoms with van der Waals surface area (Å²) < 4.78 is 5.34. The van der Waals surface area contributed by atoms with E-state index < -0.39 is 0 Å². The minimum Gasteiger partial charge on any atom is -0.478 e. The van der Waals surface area contributed by atoms with E-state index in [4.69, 9.17) is 4.74 Å². The number of pyridine rings is 1. The van der Waals surface area contributed by atoms with Crippen LogP contribution in [-0.2, 0) is 6.42 Å². The molecule has 1 aromatic heterocycles. The molecule has 1 aliphatic rings. The standard InChI is InChI=1S/C12H15NO2/c1-3-15-11-7-8(2)9-5-4-6-10(14)12(9)13-11/h7H,3-6H2,1-2H3. The van der Waals surface area contributed by atoms with Gasteiger partial charge in [0.25, 0.3) is 0 Å². The minimum atomic E-state index is 0.154. The molecule has 3 nitrogen and oxygen atoms in total. The Morgan fingerprint density at radius 3 is 3.00 bits per heavy atom. The van der Waals surface area contributed by atoms with Crippen LogP contribution in [0.4, 0.5) is 0 Å². The van der Waals surface area contributed by atoms with Crippen molar-refractivity contribution in [2.24, 2.45) is 0 Å². The molecule has 0 saturated heterocycles. The Morgan fingerprint density at radius 1 is 1.47 bits per heavy atom. The van der Waals surface area contributed by atoms with E-state index in [1.54, 1.807) is 0 Å². The molecule has 1 aromatic rings. The maximum atomic E-state index is 11.7. The zero-order valence-corrected chi connectivity index (χ0v) is 9.17. The Hall–Kier alpha value is -1.38. The van der Waals surface area contributed by atoms with E-state index in [0.29, 0.717) is 24.6 Å². The number of Topliss-reactive ketones (excluding diaryl/α,β-unsaturated/α-hetero) is 1. The van der Waals surface area contributed by atoms with Crippen molar-refractivity contribution in [2.45, 2.75) is 33.1 Å². The van der Waals surface area contributed by atoms with Crippen molar-refractivity contribution in [3.8, 4) is 5.88 Å². The lowest BCUT2D eigenvalue weighted by Gasteiger charge is -2.17. The van der Waals surface area contributed by atoms with Gasteiger partial charge in [-0.15, -0.1) is 0 Å². The Labute approximate surface area is 89.5 Å². The van der Waals surface area contributed by atoms with E-state index in [0.717, 1.165) is 24.0 Å². The molecule has 0 aromatic carbocycles. The SMILES string of the molecule is CCOc1cc(C)c2c(n1)C(=O)CCC2. The van der Waals surface area contributed by atoms with Crippen LogP contribution in [0.15, 0.2) is 6.07 Å². The molecule has 2 rings (SSSR count). The third-order valence-electron chi connectivity index (χ3n) is 2.71. The highest BCUT2D eigenvalue weighted by molar-refractivity contribution is 5.97. The predicted molar refractivity (Wildman–Crippen MR) is 57.4 cm³/mol. The van der Waals surface area contributed by atoms with Crippen molar-refractivity contribution in [3.63, 3.8) is 0 Å². The van der Waals surface area contributed by atoms with Crippen LogP contribution in [0, 0.1) is 6.92 Å². The molecule has 1 aliphatic carbocycles. The zero-order valence-electron chi connectivity index (χ0n) is 9.17. The lowest BCUT2D eigenvalue weighted by Crippen LogP contribution is -2.15. The summed E-state index contributed by atoms with van der Waals surface area (Å²) in [6.07, 6.45) is 2.53. The van der Waals surface area contributed by atoms with E-state index >= 15 is 0 Å². The molecule has 0 unspecified atom stereocenters. The molecule has 80 valence electrons. The normalized spacial score (nSPS) is 14.9. The Bertz CT molecular complexity index is 399. The quantitative estimate of drug-likeness (QED) is 0.743. The van der Waals surface area contributed by atoms with Crippen LogP contribution < -0.4 is 4.74 Å². The molecule has 0 radical (unpaired) electrons. The summed E-state index contributed by atoms with van der Waals surface area (Å²) in [4.78, 5) is 15.9. The molecule has 0 spiro atoms. The van der Waals surface area contributed by atoms with Gasteiger partial charge in [0.05, 0.1) is 6.61 Å². The number of hydrogen-bond donors (Lipinski definition) is 0. The molecule has 0 N–H and O–H groups in total. The predicted octanol–water partition coefficient (Wildman–Crippen LogP) is 2.31. The van der Waals surface area contributed by atoms with Crippen LogP contribution in [0.3, 0.4) is 0 Å². The fraction of sp³-hybridized carbons (Fsp3) is 0.500. The molecule has 3 heteroatoms. The number of aromatic nitrogens is 1. The van der Waals surface area contributed by atoms with Crippen molar-refractivity contribution in [3.05, 3.63) is 22.9 Å². The summed E-state index contributed by atoms with van der Waals surface area (Å²) in [6, 6.07) is 1.92. The van der Waals surface area contributed by atoms with Gasteiger partial charge in [-0.1, -0.05) is 0 Å². The van der Waals surface area contributed by atoms with Crippen LogP contribution >= 0.6 is 0 Å². The summed E-state index contributed by atoms with van der Waals surface area (Å²) in [7, 11) is 0. The van der Waals surface area contributed by atoms with E-state index in [-0.39, 0.29) is 5.78 Å². The van der Waals surface area contributed by atoms with Gasteiger partial charge in [0, 0.05) is 12.5 Å². The maximum Gasteiger partial charge on any atom is 0.214 e. The van der Waals surface area contributed by atoms with E-state index in [2.05, 4.69) is 4.98 Å². The molecule has 0 aliphatic heterocycles. The van der Waals surface area contributed by atoms with Crippen LogP contribution in [0.2, 0.25) is 0 Å². The lowest BCUT2D eigenvalue weighted by atomic mass is 9.92. The van der Waals surface area contributed by atoms with E-state index in [1.165, 1.54) is 0 Å². The first-order valence-corrected chi connectivity index (χ1v) is 5.39. The summed E-state index contributed by atoms with van der Waals surface area (Å²) >= 11 is 0. The Morgan fingerprint density at radius 2 is 2.27 bits per heavy atom. The highest BCUT2D eigenvalue weighted by Gasteiger charge is 2.21. The first kappa shape index (κ1) is 10.1. The van der Waals surface area contributed by atoms with Gasteiger partial charge in [0.15, 0.2) is 5.78 Å². The molecule has 1 heterocycles. The average molecular weight is 205 g/mol. The second-order valence-corrected chi connectivity index (χ2v) is 3.81. The largest absolute Gasteiger partial charge is 0.478 e. The third-order valence-corrected chi connectivity index (χ3v) is 2.71. The fourth-order valence-electron chi connectivity index (χ4n) is 1.98. The van der Waals surface area contributed by atoms with E-state index in [1.807, 2.05) is 19.9 Å². The van der Waals surface area contributed by atoms with Gasteiger partial charge in [0.2, 0.25) is 5.88 Å². The van der Waals surface area contributed by atoms with Crippen molar-refractivity contribution in [1.82, 2.24) is 4.98 Å². The topological polar surface area (TPSA) is 39.2 Å². The lowest BCUT2D eigenvalue weighted by molar-refractivity contribution is 0.0965. The Balaban J connectivity index is 2.47. The second kappa shape index (κ2) is 4.01. The number of fused-ring (bicyclic) bond motifs is 1. The number of nitrogens with zero attached hydrogens (tertiary/aromatic N) is 1. The summed E-state index contributed by atoms with van der Waals surface area (Å²) in [5.41, 5.74) is 2.86. The van der Waals surface area contributed by atoms with E-state index in [9.17, 15) is 4.79 Å². The van der Waals surface area contributed by atoms with Gasteiger partial charge in [0.1, 0.15) is 5.69 Å². The molecule has 15 heavy (non-hydrogen) atoms. The highest BCUT2D eigenvalue weighted by atomic mass is 16.5.